The number of carbonyl (C=O) groups is 4. The van der Waals surface area contributed by atoms with Crippen LogP contribution >= 0.6 is 11.8 Å². The molecule has 2 aromatic carbocycles. The number of thioether (sulfide) groups is 1. The summed E-state index contributed by atoms with van der Waals surface area (Å²) in [6.07, 6.45) is 0. The first-order valence-corrected chi connectivity index (χ1v) is 10.7. The van der Waals surface area contributed by atoms with Gasteiger partial charge in [-0.1, -0.05) is 42.5 Å². The number of esters is 1. The zero-order valence-electron chi connectivity index (χ0n) is 17.0. The van der Waals surface area contributed by atoms with Crippen LogP contribution in [0.2, 0.25) is 0 Å². The summed E-state index contributed by atoms with van der Waals surface area (Å²) < 4.78 is 5.13. The average Bonchev–Trinajstić information content (AvgIpc) is 3.12. The molecule has 1 unspecified atom stereocenters. The highest BCUT2D eigenvalue weighted by molar-refractivity contribution is 8.00. The summed E-state index contributed by atoms with van der Waals surface area (Å²) >= 11 is 1.42. The molecule has 0 saturated carbocycles. The monoisotopic (exact) mass is 441 g/mol. The predicted molar refractivity (Wildman–Crippen MR) is 117 cm³/mol. The Kier molecular flexibility index (Phi) is 7.66. The smallest absolute Gasteiger partial charge is 0.325 e. The molecule has 2 N–H and O–H groups in total. The van der Waals surface area contributed by atoms with Gasteiger partial charge in [0.2, 0.25) is 17.7 Å². The van der Waals surface area contributed by atoms with Crippen molar-refractivity contribution in [2.75, 3.05) is 24.2 Å². The molecule has 1 heterocycles. The van der Waals surface area contributed by atoms with Crippen molar-refractivity contribution in [2.24, 2.45) is 0 Å². The van der Waals surface area contributed by atoms with Crippen LogP contribution in [0, 0.1) is 0 Å². The first-order chi connectivity index (χ1) is 14.9. The van der Waals surface area contributed by atoms with Crippen LogP contribution in [0.3, 0.4) is 0 Å². The molecule has 0 aliphatic carbocycles. The first-order valence-electron chi connectivity index (χ1n) is 9.67. The van der Waals surface area contributed by atoms with Gasteiger partial charge in [-0.3, -0.25) is 19.2 Å². The lowest BCUT2D eigenvalue weighted by atomic mass is 10.2. The van der Waals surface area contributed by atoms with Gasteiger partial charge in [-0.15, -0.1) is 11.8 Å². The highest BCUT2D eigenvalue weighted by Crippen LogP contribution is 2.38. The Bertz CT molecular complexity index is 949. The van der Waals surface area contributed by atoms with Gasteiger partial charge < -0.3 is 20.3 Å². The summed E-state index contributed by atoms with van der Waals surface area (Å²) in [6, 6.07) is 16.4. The van der Waals surface area contributed by atoms with Crippen LogP contribution in [0.5, 0.6) is 0 Å². The van der Waals surface area contributed by atoms with Crippen LogP contribution in [0.4, 0.5) is 5.69 Å². The Morgan fingerprint density at radius 3 is 2.48 bits per heavy atom. The van der Waals surface area contributed by atoms with Gasteiger partial charge in [0.05, 0.1) is 5.75 Å². The number of nitrogens with one attached hydrogen (secondary N) is 2. The fraction of sp³-hybridized carbons (Fsp3) is 0.273. The van der Waals surface area contributed by atoms with E-state index >= 15 is 0 Å². The van der Waals surface area contributed by atoms with Crippen molar-refractivity contribution in [1.82, 2.24) is 10.2 Å². The summed E-state index contributed by atoms with van der Waals surface area (Å²) in [5.41, 5.74) is 2.36. The Balaban J connectivity index is 1.50. The molecular formula is C22H23N3O5S. The maximum atomic E-state index is 12.3. The molecule has 1 aliphatic rings. The van der Waals surface area contributed by atoms with Gasteiger partial charge >= 0.3 is 5.97 Å². The molecule has 1 atom stereocenters. The third-order valence-corrected chi connectivity index (χ3v) is 5.73. The van der Waals surface area contributed by atoms with Crippen molar-refractivity contribution in [3.05, 3.63) is 65.7 Å². The Hall–Kier alpha value is -3.33. The maximum absolute atomic E-state index is 12.3. The molecule has 0 radical (unpaired) electrons. The molecule has 1 saturated heterocycles. The van der Waals surface area contributed by atoms with Crippen molar-refractivity contribution >= 4 is 41.1 Å². The van der Waals surface area contributed by atoms with Crippen LogP contribution in [0.1, 0.15) is 23.4 Å². The second-order valence-electron chi connectivity index (χ2n) is 6.91. The van der Waals surface area contributed by atoms with Crippen LogP contribution in [0.25, 0.3) is 0 Å². The van der Waals surface area contributed by atoms with Gasteiger partial charge in [-0.25, -0.2) is 0 Å². The minimum absolute atomic E-state index is 0.132. The van der Waals surface area contributed by atoms with E-state index in [1.54, 1.807) is 12.1 Å². The minimum Gasteiger partial charge on any atom is -0.460 e. The highest BCUT2D eigenvalue weighted by atomic mass is 32.2. The fourth-order valence-corrected chi connectivity index (χ4v) is 4.19. The number of carbonyl (C=O) groups excluding carboxylic acids is 4. The molecule has 1 aliphatic heterocycles. The molecule has 162 valence electrons. The number of amides is 3. The van der Waals surface area contributed by atoms with Gasteiger partial charge in [-0.05, 0) is 23.3 Å². The predicted octanol–water partition coefficient (Wildman–Crippen LogP) is 2.08. The molecule has 0 aromatic heterocycles. The number of nitrogens with zero attached hydrogens (tertiary/aromatic N) is 1. The van der Waals surface area contributed by atoms with Crippen molar-refractivity contribution in [2.45, 2.75) is 18.9 Å². The number of rotatable bonds is 8. The van der Waals surface area contributed by atoms with Crippen molar-refractivity contribution in [3.8, 4) is 0 Å². The first kappa shape index (κ1) is 22.4. The summed E-state index contributed by atoms with van der Waals surface area (Å²) in [4.78, 5) is 49.1. The van der Waals surface area contributed by atoms with E-state index in [2.05, 4.69) is 10.6 Å². The van der Waals surface area contributed by atoms with Crippen LogP contribution in [0.15, 0.2) is 54.6 Å². The van der Waals surface area contributed by atoms with Crippen molar-refractivity contribution in [1.29, 1.82) is 0 Å². The van der Waals surface area contributed by atoms with E-state index in [1.807, 2.05) is 42.5 Å². The van der Waals surface area contributed by atoms with Gasteiger partial charge in [0.1, 0.15) is 25.1 Å². The molecule has 0 bridgehead atoms. The Morgan fingerprint density at radius 2 is 1.81 bits per heavy atom. The number of benzene rings is 2. The largest absolute Gasteiger partial charge is 0.460 e. The molecule has 31 heavy (non-hydrogen) atoms. The van der Waals surface area contributed by atoms with Gasteiger partial charge in [0, 0.05) is 12.6 Å². The number of hydrogen-bond acceptors (Lipinski definition) is 6. The Morgan fingerprint density at radius 1 is 1.10 bits per heavy atom. The minimum atomic E-state index is -0.551. The van der Waals surface area contributed by atoms with Gasteiger partial charge in [0.25, 0.3) is 0 Å². The fourth-order valence-electron chi connectivity index (χ4n) is 3.01. The molecule has 3 rings (SSSR count). The standard InChI is InChI=1S/C22H23N3O5S/c1-15(26)24-18-9-7-17(8-10-18)22-25(20(28)14-31-22)12-19(27)23-11-21(29)30-13-16-5-3-2-4-6-16/h2-10,22H,11-14H2,1H3,(H,23,27)(H,24,26). The van der Waals surface area contributed by atoms with E-state index in [9.17, 15) is 19.2 Å². The van der Waals surface area contributed by atoms with E-state index in [0.717, 1.165) is 11.1 Å². The lowest BCUT2D eigenvalue weighted by Gasteiger charge is -2.23. The second kappa shape index (κ2) is 10.6. The maximum Gasteiger partial charge on any atom is 0.325 e. The third-order valence-electron chi connectivity index (χ3n) is 4.47. The normalized spacial score (nSPS) is 15.5. The quantitative estimate of drug-likeness (QED) is 0.608. The summed E-state index contributed by atoms with van der Waals surface area (Å²) in [5.74, 6) is -1.04. The van der Waals surface area contributed by atoms with Crippen LogP contribution < -0.4 is 10.6 Å². The number of ether oxygens (including phenoxy) is 1. The highest BCUT2D eigenvalue weighted by Gasteiger charge is 2.34. The van der Waals surface area contributed by atoms with Gasteiger partial charge in [0.15, 0.2) is 0 Å². The average molecular weight is 442 g/mol. The molecule has 8 nitrogen and oxygen atoms in total. The molecule has 1 fully saturated rings. The van der Waals surface area contributed by atoms with Crippen LogP contribution in [-0.4, -0.2) is 47.4 Å². The number of anilines is 1. The zero-order chi connectivity index (χ0) is 22.2. The van der Waals surface area contributed by atoms with E-state index in [1.165, 1.54) is 23.6 Å². The van der Waals surface area contributed by atoms with E-state index in [-0.39, 0.29) is 42.6 Å². The Labute approximate surface area is 184 Å². The summed E-state index contributed by atoms with van der Waals surface area (Å²) in [7, 11) is 0. The van der Waals surface area contributed by atoms with Crippen molar-refractivity contribution in [3.63, 3.8) is 0 Å². The van der Waals surface area contributed by atoms with E-state index < -0.39 is 11.9 Å². The molecule has 9 heteroatoms. The lowest BCUT2D eigenvalue weighted by molar-refractivity contribution is -0.145. The van der Waals surface area contributed by atoms with Crippen molar-refractivity contribution < 1.29 is 23.9 Å². The molecule has 3 amide bonds. The SMILES string of the molecule is CC(=O)Nc1ccc(C2SCC(=O)N2CC(=O)NCC(=O)OCc2ccccc2)cc1. The number of hydrogen-bond donors (Lipinski definition) is 2. The molecular weight excluding hydrogens is 418 g/mol. The topological polar surface area (TPSA) is 105 Å². The van der Waals surface area contributed by atoms with E-state index in [0.29, 0.717) is 5.69 Å². The second-order valence-corrected chi connectivity index (χ2v) is 7.98. The zero-order valence-corrected chi connectivity index (χ0v) is 17.8. The molecule has 0 spiro atoms. The van der Waals surface area contributed by atoms with Gasteiger partial charge in [-0.2, -0.15) is 0 Å². The van der Waals surface area contributed by atoms with E-state index in [4.69, 9.17) is 4.74 Å². The summed E-state index contributed by atoms with van der Waals surface area (Å²) in [6.45, 7) is 1.14. The molecule has 2 aromatic rings. The lowest BCUT2D eigenvalue weighted by Crippen LogP contribution is -2.41. The third kappa shape index (κ3) is 6.58. The van der Waals surface area contributed by atoms with Crippen LogP contribution in [-0.2, 0) is 30.5 Å². The summed E-state index contributed by atoms with van der Waals surface area (Å²) in [5, 5.41) is 4.88.